The van der Waals surface area contributed by atoms with E-state index in [0.717, 1.165) is 0 Å². The molecule has 0 heterocycles. The summed E-state index contributed by atoms with van der Waals surface area (Å²) in [4.78, 5) is 11.3. The van der Waals surface area contributed by atoms with E-state index >= 15 is 0 Å². The Morgan fingerprint density at radius 1 is 1.32 bits per heavy atom. The summed E-state index contributed by atoms with van der Waals surface area (Å²) >= 11 is 0. The summed E-state index contributed by atoms with van der Waals surface area (Å²) in [6.07, 6.45) is -0.692. The normalized spacial score (nSPS) is 12.1. The van der Waals surface area contributed by atoms with Crippen molar-refractivity contribution in [3.63, 3.8) is 0 Å². The Morgan fingerprint density at radius 2 is 1.89 bits per heavy atom. The van der Waals surface area contributed by atoms with Crippen LogP contribution in [-0.2, 0) is 14.9 Å². The van der Waals surface area contributed by atoms with E-state index in [-0.39, 0.29) is 10.6 Å². The van der Waals surface area contributed by atoms with Crippen LogP contribution in [0, 0.1) is 6.92 Å². The van der Waals surface area contributed by atoms with E-state index in [2.05, 4.69) is 5.32 Å². The van der Waals surface area contributed by atoms with Crippen molar-refractivity contribution in [2.75, 3.05) is 5.32 Å². The van der Waals surface area contributed by atoms with Gasteiger partial charge in [-0.3, -0.25) is 9.87 Å². The lowest BCUT2D eigenvalue weighted by molar-refractivity contribution is 0.0635. The highest BCUT2D eigenvalue weighted by molar-refractivity contribution is 7.85. The quantitative estimate of drug-likeness (QED) is 0.815. The Balaban J connectivity index is 2.99. The molecule has 106 valence electrons. The van der Waals surface area contributed by atoms with Crippen molar-refractivity contribution < 1.29 is 22.5 Å². The number of nitrogens with one attached hydrogen (secondary N) is 1. The van der Waals surface area contributed by atoms with E-state index in [1.165, 1.54) is 18.2 Å². The molecule has 0 fully saturated rings. The molecule has 0 spiro atoms. The van der Waals surface area contributed by atoms with Crippen LogP contribution >= 0.6 is 0 Å². The Kier molecular flexibility index (Phi) is 4.21. The molecule has 0 unspecified atom stereocenters. The summed E-state index contributed by atoms with van der Waals surface area (Å²) in [5, 5.41) is 2.44. The molecule has 1 aromatic carbocycles. The summed E-state index contributed by atoms with van der Waals surface area (Å²) in [6, 6.07) is 3.91. The lowest BCUT2D eigenvalue weighted by Crippen LogP contribution is -2.27. The van der Waals surface area contributed by atoms with E-state index in [9.17, 15) is 13.2 Å². The first-order valence-electron chi connectivity index (χ1n) is 5.57. The monoisotopic (exact) mass is 287 g/mol. The molecule has 0 aliphatic heterocycles. The second kappa shape index (κ2) is 5.18. The zero-order chi connectivity index (χ0) is 14.8. The molecule has 0 atom stereocenters. The van der Waals surface area contributed by atoms with Gasteiger partial charge in [0.2, 0.25) is 0 Å². The standard InChI is InChI=1S/C12H17NO5S/c1-8-5-6-9(19(15,16)17)7-10(8)13-11(14)18-12(2,3)4/h5-7H,1-4H3,(H,13,14)(H,15,16,17). The molecule has 6 nitrogen and oxygen atoms in total. The smallest absolute Gasteiger partial charge is 0.412 e. The Labute approximate surface area is 112 Å². The average Bonchev–Trinajstić information content (AvgIpc) is 2.16. The third-order valence-corrected chi connectivity index (χ3v) is 2.99. The molecule has 0 radical (unpaired) electrons. The molecule has 0 aliphatic carbocycles. The van der Waals surface area contributed by atoms with Crippen LogP contribution in [0.5, 0.6) is 0 Å². The van der Waals surface area contributed by atoms with Crippen molar-refractivity contribution in [3.05, 3.63) is 23.8 Å². The first-order chi connectivity index (χ1) is 8.49. The molecule has 0 saturated heterocycles. The van der Waals surface area contributed by atoms with Crippen LogP contribution < -0.4 is 5.32 Å². The van der Waals surface area contributed by atoms with Gasteiger partial charge < -0.3 is 4.74 Å². The first kappa shape index (κ1) is 15.5. The van der Waals surface area contributed by atoms with Crippen molar-refractivity contribution in [2.24, 2.45) is 0 Å². The van der Waals surface area contributed by atoms with Gasteiger partial charge in [0, 0.05) is 5.69 Å². The molecule has 0 aromatic heterocycles. The van der Waals surface area contributed by atoms with E-state index in [1.54, 1.807) is 27.7 Å². The Hall–Kier alpha value is -1.60. The number of rotatable bonds is 2. The number of amides is 1. The minimum absolute atomic E-state index is 0.268. The Morgan fingerprint density at radius 3 is 2.37 bits per heavy atom. The minimum atomic E-state index is -4.31. The van der Waals surface area contributed by atoms with Crippen molar-refractivity contribution in [1.29, 1.82) is 0 Å². The van der Waals surface area contributed by atoms with Crippen molar-refractivity contribution >= 4 is 21.9 Å². The second-order valence-electron chi connectivity index (χ2n) is 5.08. The minimum Gasteiger partial charge on any atom is -0.444 e. The fourth-order valence-corrected chi connectivity index (χ4v) is 1.82. The zero-order valence-corrected chi connectivity index (χ0v) is 12.0. The maximum absolute atomic E-state index is 11.6. The summed E-state index contributed by atoms with van der Waals surface area (Å²) < 4.78 is 36.1. The fourth-order valence-electron chi connectivity index (χ4n) is 1.31. The van der Waals surface area contributed by atoms with Crippen LogP contribution in [0.1, 0.15) is 26.3 Å². The van der Waals surface area contributed by atoms with Crippen LogP contribution in [0.4, 0.5) is 10.5 Å². The highest BCUT2D eigenvalue weighted by atomic mass is 32.2. The molecule has 19 heavy (non-hydrogen) atoms. The zero-order valence-electron chi connectivity index (χ0n) is 11.2. The Bertz CT molecular complexity index is 587. The summed E-state index contributed by atoms with van der Waals surface area (Å²) in [7, 11) is -4.31. The number of carbonyl (C=O) groups is 1. The van der Waals surface area contributed by atoms with E-state index in [0.29, 0.717) is 5.56 Å². The highest BCUT2D eigenvalue weighted by Gasteiger charge is 2.18. The van der Waals surface area contributed by atoms with Gasteiger partial charge in [-0.1, -0.05) is 6.07 Å². The van der Waals surface area contributed by atoms with Gasteiger partial charge in [-0.15, -0.1) is 0 Å². The maximum Gasteiger partial charge on any atom is 0.412 e. The van der Waals surface area contributed by atoms with Crippen LogP contribution in [-0.4, -0.2) is 24.7 Å². The largest absolute Gasteiger partial charge is 0.444 e. The highest BCUT2D eigenvalue weighted by Crippen LogP contribution is 2.21. The average molecular weight is 287 g/mol. The lowest BCUT2D eigenvalue weighted by atomic mass is 10.2. The van der Waals surface area contributed by atoms with Crippen LogP contribution in [0.3, 0.4) is 0 Å². The lowest BCUT2D eigenvalue weighted by Gasteiger charge is -2.20. The maximum atomic E-state index is 11.6. The van der Waals surface area contributed by atoms with Crippen molar-refractivity contribution in [3.8, 4) is 0 Å². The van der Waals surface area contributed by atoms with E-state index in [1.807, 2.05) is 0 Å². The number of carbonyl (C=O) groups excluding carboxylic acids is 1. The van der Waals surface area contributed by atoms with Crippen LogP contribution in [0.25, 0.3) is 0 Å². The van der Waals surface area contributed by atoms with E-state index in [4.69, 9.17) is 9.29 Å². The predicted octanol–water partition coefficient (Wildman–Crippen LogP) is 2.59. The molecule has 1 amide bonds. The number of benzene rings is 1. The molecule has 2 N–H and O–H groups in total. The van der Waals surface area contributed by atoms with Gasteiger partial charge in [0.15, 0.2) is 0 Å². The summed E-state index contributed by atoms with van der Waals surface area (Å²) in [5.41, 5.74) is 0.265. The van der Waals surface area contributed by atoms with Gasteiger partial charge in [0.25, 0.3) is 10.1 Å². The van der Waals surface area contributed by atoms with Gasteiger partial charge >= 0.3 is 6.09 Å². The molecule has 1 aromatic rings. The SMILES string of the molecule is Cc1ccc(S(=O)(=O)O)cc1NC(=O)OC(C)(C)C. The van der Waals surface area contributed by atoms with Crippen LogP contribution in [0.2, 0.25) is 0 Å². The first-order valence-corrected chi connectivity index (χ1v) is 7.01. The number of ether oxygens (including phenoxy) is 1. The predicted molar refractivity (Wildman–Crippen MR) is 70.9 cm³/mol. The number of hydrogen-bond donors (Lipinski definition) is 2. The molecule has 0 saturated carbocycles. The summed E-state index contributed by atoms with van der Waals surface area (Å²) in [6.45, 7) is 6.84. The third-order valence-electron chi connectivity index (χ3n) is 2.14. The van der Waals surface area contributed by atoms with Gasteiger partial charge in [0.1, 0.15) is 5.60 Å². The van der Waals surface area contributed by atoms with Gasteiger partial charge in [-0.05, 0) is 45.4 Å². The molecule has 0 bridgehead atoms. The summed E-state index contributed by atoms with van der Waals surface area (Å²) in [5.74, 6) is 0. The molecule has 7 heteroatoms. The third kappa shape index (κ3) is 4.88. The number of aryl methyl sites for hydroxylation is 1. The van der Waals surface area contributed by atoms with Gasteiger partial charge in [-0.2, -0.15) is 8.42 Å². The number of hydrogen-bond acceptors (Lipinski definition) is 4. The van der Waals surface area contributed by atoms with Crippen LogP contribution in [0.15, 0.2) is 23.1 Å². The van der Waals surface area contributed by atoms with Crippen molar-refractivity contribution in [2.45, 2.75) is 38.2 Å². The van der Waals surface area contributed by atoms with Gasteiger partial charge in [0.05, 0.1) is 4.90 Å². The fraction of sp³-hybridized carbons (Fsp3) is 0.417. The van der Waals surface area contributed by atoms with Gasteiger partial charge in [-0.25, -0.2) is 4.79 Å². The van der Waals surface area contributed by atoms with E-state index < -0.39 is 21.8 Å². The van der Waals surface area contributed by atoms with Crippen molar-refractivity contribution in [1.82, 2.24) is 0 Å². The topological polar surface area (TPSA) is 92.7 Å². The molecule has 0 aliphatic rings. The molecular formula is C12H17NO5S. The second-order valence-corrected chi connectivity index (χ2v) is 6.50. The molecular weight excluding hydrogens is 270 g/mol. The molecule has 1 rings (SSSR count). The number of anilines is 1.